The molecule has 0 aliphatic carbocycles. The maximum absolute atomic E-state index is 10.5. The van der Waals surface area contributed by atoms with E-state index in [1.165, 1.54) is 148 Å². The summed E-state index contributed by atoms with van der Waals surface area (Å²) in [6, 6.07) is 0. The van der Waals surface area contributed by atoms with E-state index >= 15 is 0 Å². The van der Waals surface area contributed by atoms with Gasteiger partial charge in [0.15, 0.2) is 0 Å². The van der Waals surface area contributed by atoms with Crippen molar-refractivity contribution in [3.63, 3.8) is 0 Å². The maximum Gasteiger partial charge on any atom is 0.303 e. The second-order valence-electron chi connectivity index (χ2n) is 11.0. The van der Waals surface area contributed by atoms with E-state index < -0.39 is 5.97 Å². The minimum Gasteiger partial charge on any atom is -0.481 e. The highest BCUT2D eigenvalue weighted by Gasteiger charge is 2.03. The summed E-state index contributed by atoms with van der Waals surface area (Å²) in [6.07, 6.45) is 35.2. The van der Waals surface area contributed by atoms with E-state index in [9.17, 15) is 4.79 Å². The first-order valence-corrected chi connectivity index (χ1v) is 15.5. The lowest BCUT2D eigenvalue weighted by Gasteiger charge is -2.11. The molecule has 0 rings (SSSR count). The van der Waals surface area contributed by atoms with Crippen molar-refractivity contribution >= 4 is 5.97 Å². The molecule has 0 aromatic rings. The van der Waals surface area contributed by atoms with Crippen molar-refractivity contribution in [1.29, 1.82) is 0 Å². The van der Waals surface area contributed by atoms with E-state index in [1.807, 2.05) is 0 Å². The molecule has 0 aliphatic rings. The van der Waals surface area contributed by atoms with E-state index in [0.29, 0.717) is 13.0 Å². The Labute approximate surface area is 213 Å². The second-order valence-corrected chi connectivity index (χ2v) is 11.0. The molecule has 0 aromatic heterocycles. The van der Waals surface area contributed by atoms with Gasteiger partial charge in [-0.1, -0.05) is 161 Å². The highest BCUT2D eigenvalue weighted by Crippen LogP contribution is 2.19. The zero-order valence-electron chi connectivity index (χ0n) is 23.2. The first-order valence-electron chi connectivity index (χ1n) is 15.5. The van der Waals surface area contributed by atoms with Gasteiger partial charge in [0.2, 0.25) is 0 Å². The van der Waals surface area contributed by atoms with Crippen molar-refractivity contribution in [3.05, 3.63) is 0 Å². The molecular formula is C31H62O3. The van der Waals surface area contributed by atoms with E-state index in [2.05, 4.69) is 6.92 Å². The fourth-order valence-corrected chi connectivity index (χ4v) is 5.05. The molecule has 0 saturated carbocycles. The molecule has 2 N–H and O–H groups in total. The highest BCUT2D eigenvalue weighted by atomic mass is 16.4. The first-order chi connectivity index (χ1) is 16.7. The average molecular weight is 483 g/mol. The normalized spacial score (nSPS) is 12.3. The number of aliphatic carboxylic acids is 1. The molecule has 3 heteroatoms. The molecule has 34 heavy (non-hydrogen) atoms. The lowest BCUT2D eigenvalue weighted by Crippen LogP contribution is -1.96. The van der Waals surface area contributed by atoms with E-state index in [-0.39, 0.29) is 0 Å². The molecule has 3 nitrogen and oxygen atoms in total. The molecule has 0 heterocycles. The average Bonchev–Trinajstić information content (AvgIpc) is 2.82. The number of hydrogen-bond donors (Lipinski definition) is 2. The van der Waals surface area contributed by atoms with E-state index in [1.54, 1.807) is 0 Å². The number of rotatable bonds is 29. The van der Waals surface area contributed by atoms with Crippen molar-refractivity contribution in [1.82, 2.24) is 0 Å². The van der Waals surface area contributed by atoms with Gasteiger partial charge in [-0.05, 0) is 18.8 Å². The molecule has 204 valence electrons. The predicted molar refractivity (Wildman–Crippen MR) is 149 cm³/mol. The van der Waals surface area contributed by atoms with Crippen molar-refractivity contribution in [3.8, 4) is 0 Å². The number of aliphatic hydroxyl groups excluding tert-OH is 1. The Morgan fingerprint density at radius 3 is 1.03 bits per heavy atom. The number of carboxylic acid groups (broad SMARTS) is 1. The molecule has 0 saturated heterocycles. The van der Waals surface area contributed by atoms with Gasteiger partial charge in [-0.15, -0.1) is 0 Å². The minimum absolute atomic E-state index is 0.338. The molecule has 0 spiro atoms. The summed E-state index contributed by atoms with van der Waals surface area (Å²) in [6.45, 7) is 2.75. The molecule has 0 radical (unpaired) electrons. The fourth-order valence-electron chi connectivity index (χ4n) is 5.05. The Bertz CT molecular complexity index is 396. The summed E-state index contributed by atoms with van der Waals surface area (Å²) in [5, 5.41) is 17.4. The summed E-state index contributed by atoms with van der Waals surface area (Å²) < 4.78 is 0. The van der Waals surface area contributed by atoms with Crippen LogP contribution in [0, 0.1) is 5.92 Å². The lowest BCUT2D eigenvalue weighted by molar-refractivity contribution is -0.137. The van der Waals surface area contributed by atoms with Gasteiger partial charge in [-0.3, -0.25) is 4.79 Å². The van der Waals surface area contributed by atoms with Gasteiger partial charge in [0.25, 0.3) is 0 Å². The first kappa shape index (κ1) is 33.4. The molecule has 0 aliphatic heterocycles. The Morgan fingerprint density at radius 2 is 0.735 bits per heavy atom. The topological polar surface area (TPSA) is 57.5 Å². The van der Waals surface area contributed by atoms with Crippen LogP contribution in [0.25, 0.3) is 0 Å². The van der Waals surface area contributed by atoms with Crippen LogP contribution < -0.4 is 0 Å². The van der Waals surface area contributed by atoms with Crippen LogP contribution in [0.2, 0.25) is 0 Å². The van der Waals surface area contributed by atoms with Crippen LogP contribution in [0.15, 0.2) is 0 Å². The van der Waals surface area contributed by atoms with Crippen LogP contribution in [0.4, 0.5) is 0 Å². The number of aliphatic hydroxyl groups is 1. The Morgan fingerprint density at radius 1 is 0.471 bits per heavy atom. The largest absolute Gasteiger partial charge is 0.481 e. The zero-order chi connectivity index (χ0) is 25.0. The molecule has 1 atom stereocenters. The Balaban J connectivity index is 3.11. The van der Waals surface area contributed by atoms with Crippen molar-refractivity contribution < 1.29 is 15.0 Å². The third-order valence-corrected chi connectivity index (χ3v) is 7.44. The zero-order valence-corrected chi connectivity index (χ0v) is 23.2. The highest BCUT2D eigenvalue weighted by molar-refractivity contribution is 5.66. The standard InChI is InChI=1S/C31H62O3/c1-30(27-23-19-20-24-28-31(33)34)26-22-18-16-14-12-10-8-6-4-2-3-5-7-9-11-13-15-17-21-25-29-32/h30,32H,2-29H2,1H3,(H,33,34). The summed E-state index contributed by atoms with van der Waals surface area (Å²) in [5.74, 6) is 0.186. The van der Waals surface area contributed by atoms with Crippen LogP contribution in [-0.4, -0.2) is 22.8 Å². The van der Waals surface area contributed by atoms with Crippen LogP contribution in [-0.2, 0) is 4.79 Å². The third kappa shape index (κ3) is 29.5. The van der Waals surface area contributed by atoms with Gasteiger partial charge >= 0.3 is 5.97 Å². The fraction of sp³-hybridized carbons (Fsp3) is 0.968. The molecule has 1 unspecified atom stereocenters. The predicted octanol–water partition coefficient (Wildman–Crippen LogP) is 10.2. The third-order valence-electron chi connectivity index (χ3n) is 7.44. The van der Waals surface area contributed by atoms with Gasteiger partial charge in [0.05, 0.1) is 0 Å². The van der Waals surface area contributed by atoms with Gasteiger partial charge in [0.1, 0.15) is 0 Å². The van der Waals surface area contributed by atoms with Crippen LogP contribution in [0.3, 0.4) is 0 Å². The van der Waals surface area contributed by atoms with Crippen molar-refractivity contribution in [2.75, 3.05) is 6.61 Å². The number of hydrogen-bond acceptors (Lipinski definition) is 2. The molecule has 0 aromatic carbocycles. The summed E-state index contributed by atoms with van der Waals surface area (Å²) >= 11 is 0. The van der Waals surface area contributed by atoms with Crippen LogP contribution in [0.1, 0.15) is 180 Å². The van der Waals surface area contributed by atoms with Crippen LogP contribution >= 0.6 is 0 Å². The Hall–Kier alpha value is -0.570. The summed E-state index contributed by atoms with van der Waals surface area (Å²) in [7, 11) is 0. The minimum atomic E-state index is -0.654. The molecule has 0 amide bonds. The maximum atomic E-state index is 10.5. The molecule has 0 bridgehead atoms. The van der Waals surface area contributed by atoms with Gasteiger partial charge in [0, 0.05) is 13.0 Å². The SMILES string of the molecule is CC(CCCCCCCCCCCCCCCCCCCCCCO)CCCCCCC(=O)O. The summed E-state index contributed by atoms with van der Waals surface area (Å²) in [5.41, 5.74) is 0. The number of carboxylic acids is 1. The van der Waals surface area contributed by atoms with Crippen molar-refractivity contribution in [2.45, 2.75) is 180 Å². The lowest BCUT2D eigenvalue weighted by atomic mass is 9.96. The summed E-state index contributed by atoms with van der Waals surface area (Å²) in [4.78, 5) is 10.5. The van der Waals surface area contributed by atoms with Gasteiger partial charge < -0.3 is 10.2 Å². The van der Waals surface area contributed by atoms with Crippen molar-refractivity contribution in [2.24, 2.45) is 5.92 Å². The van der Waals surface area contributed by atoms with Crippen LogP contribution in [0.5, 0.6) is 0 Å². The van der Waals surface area contributed by atoms with E-state index in [4.69, 9.17) is 10.2 Å². The second kappa shape index (κ2) is 28.7. The van der Waals surface area contributed by atoms with Gasteiger partial charge in [-0.25, -0.2) is 0 Å². The smallest absolute Gasteiger partial charge is 0.303 e. The quantitative estimate of drug-likeness (QED) is 0.104. The molecule has 0 fully saturated rings. The number of unbranched alkanes of at least 4 members (excludes halogenated alkanes) is 22. The van der Waals surface area contributed by atoms with Gasteiger partial charge in [-0.2, -0.15) is 0 Å². The van der Waals surface area contributed by atoms with E-state index in [0.717, 1.165) is 25.2 Å². The number of carbonyl (C=O) groups is 1. The monoisotopic (exact) mass is 482 g/mol. The molecular weight excluding hydrogens is 420 g/mol. The Kier molecular flexibility index (Phi) is 28.2.